The summed E-state index contributed by atoms with van der Waals surface area (Å²) in [6, 6.07) is 5.56. The van der Waals surface area contributed by atoms with Crippen LogP contribution in [0.5, 0.6) is 11.5 Å². The lowest BCUT2D eigenvalue weighted by Crippen LogP contribution is -2.23. The van der Waals surface area contributed by atoms with Gasteiger partial charge >= 0.3 is 0 Å². The fraction of sp³-hybridized carbons (Fsp3) is 0.625. The Bertz CT molecular complexity index is 502. The molecule has 0 saturated carbocycles. The maximum atomic E-state index is 12.3. The molecule has 1 unspecified atom stereocenters. The minimum Gasteiger partial charge on any atom is -0.486 e. The lowest BCUT2D eigenvalue weighted by molar-refractivity contribution is 0.171. The van der Waals surface area contributed by atoms with E-state index in [9.17, 15) is 4.21 Å². The first-order valence-electron chi connectivity index (χ1n) is 7.50. The van der Waals surface area contributed by atoms with Crippen molar-refractivity contribution in [1.29, 1.82) is 0 Å². The first kappa shape index (κ1) is 16.3. The van der Waals surface area contributed by atoms with E-state index in [1.807, 2.05) is 18.2 Å². The predicted molar refractivity (Wildman–Crippen MR) is 85.4 cm³/mol. The highest BCUT2D eigenvalue weighted by molar-refractivity contribution is 7.85. The molecule has 0 bridgehead atoms. The molecule has 0 fully saturated rings. The fourth-order valence-electron chi connectivity index (χ4n) is 2.22. The van der Waals surface area contributed by atoms with Gasteiger partial charge in [-0.05, 0) is 36.9 Å². The number of fused-ring (bicyclic) bond motifs is 1. The Kier molecular flexibility index (Phi) is 5.65. The van der Waals surface area contributed by atoms with Gasteiger partial charge < -0.3 is 15.2 Å². The van der Waals surface area contributed by atoms with Gasteiger partial charge in [0.15, 0.2) is 11.5 Å². The topological polar surface area (TPSA) is 61.6 Å². The van der Waals surface area contributed by atoms with Crippen LogP contribution >= 0.6 is 0 Å². The van der Waals surface area contributed by atoms with Crippen LogP contribution in [-0.2, 0) is 10.8 Å². The third-order valence-electron chi connectivity index (χ3n) is 3.76. The average molecular weight is 311 g/mol. The Labute approximate surface area is 129 Å². The molecule has 4 nitrogen and oxygen atoms in total. The van der Waals surface area contributed by atoms with Crippen LogP contribution in [0.2, 0.25) is 0 Å². The van der Waals surface area contributed by atoms with E-state index in [4.69, 9.17) is 15.2 Å². The summed E-state index contributed by atoms with van der Waals surface area (Å²) in [7, 11) is -0.978. The summed E-state index contributed by atoms with van der Waals surface area (Å²) in [5.41, 5.74) is 5.90. The number of ether oxygens (including phenoxy) is 2. The van der Waals surface area contributed by atoms with Gasteiger partial charge in [0.1, 0.15) is 13.2 Å². The van der Waals surface area contributed by atoms with Gasteiger partial charge in [-0.3, -0.25) is 4.21 Å². The summed E-state index contributed by atoms with van der Waals surface area (Å²) in [4.78, 5) is 0.817. The number of rotatable bonds is 7. The van der Waals surface area contributed by atoms with E-state index in [0.717, 1.165) is 29.9 Å². The molecular weight excluding hydrogens is 286 g/mol. The molecule has 118 valence electrons. The summed E-state index contributed by atoms with van der Waals surface area (Å²) < 4.78 is 23.3. The number of hydrogen-bond donors (Lipinski definition) is 1. The van der Waals surface area contributed by atoms with Crippen molar-refractivity contribution in [3.63, 3.8) is 0 Å². The molecule has 0 spiro atoms. The van der Waals surface area contributed by atoms with Gasteiger partial charge in [-0.2, -0.15) is 0 Å². The van der Waals surface area contributed by atoms with Crippen LogP contribution in [-0.4, -0.2) is 29.7 Å². The Morgan fingerprint density at radius 3 is 2.62 bits per heavy atom. The van der Waals surface area contributed by atoms with Gasteiger partial charge in [0, 0.05) is 16.7 Å². The van der Waals surface area contributed by atoms with Crippen LogP contribution in [0, 0.1) is 5.41 Å². The first-order chi connectivity index (χ1) is 10.0. The summed E-state index contributed by atoms with van der Waals surface area (Å²) >= 11 is 0. The molecule has 1 aromatic rings. The molecule has 2 rings (SSSR count). The molecule has 1 aliphatic heterocycles. The molecule has 0 saturated heterocycles. The number of unbranched alkanes of at least 4 members (excludes halogenated alkanes) is 1. The normalized spacial score (nSPS) is 15.8. The lowest BCUT2D eigenvalue weighted by Gasteiger charge is -2.21. The van der Waals surface area contributed by atoms with Crippen molar-refractivity contribution in [3.05, 3.63) is 18.2 Å². The van der Waals surface area contributed by atoms with E-state index in [0.29, 0.717) is 31.3 Å². The summed E-state index contributed by atoms with van der Waals surface area (Å²) in [5.74, 6) is 2.13. The van der Waals surface area contributed by atoms with Crippen molar-refractivity contribution >= 4 is 10.8 Å². The van der Waals surface area contributed by atoms with Crippen LogP contribution in [0.4, 0.5) is 0 Å². The van der Waals surface area contributed by atoms with Crippen molar-refractivity contribution in [2.24, 2.45) is 11.1 Å². The summed E-state index contributed by atoms with van der Waals surface area (Å²) in [6.07, 6.45) is 3.08. The number of hydrogen-bond acceptors (Lipinski definition) is 4. The number of nitrogens with two attached hydrogens (primary N) is 1. The van der Waals surface area contributed by atoms with E-state index in [1.165, 1.54) is 0 Å². The standard InChI is InChI=1S/C16H25NO3S/c1-16(2,12-17)7-3-4-10-21(18)13-5-6-14-15(11-13)20-9-8-19-14/h5-6,11H,3-4,7-10,12,17H2,1-2H3. The van der Waals surface area contributed by atoms with E-state index in [-0.39, 0.29) is 5.41 Å². The van der Waals surface area contributed by atoms with Crippen LogP contribution in [0.1, 0.15) is 33.1 Å². The van der Waals surface area contributed by atoms with Crippen LogP contribution in [0.3, 0.4) is 0 Å². The molecular formula is C16H25NO3S. The zero-order valence-electron chi connectivity index (χ0n) is 12.9. The minimum atomic E-state index is -0.978. The van der Waals surface area contributed by atoms with Gasteiger partial charge in [0.2, 0.25) is 0 Å². The average Bonchev–Trinajstić information content (AvgIpc) is 2.51. The van der Waals surface area contributed by atoms with E-state index in [2.05, 4.69) is 13.8 Å². The molecule has 5 heteroatoms. The molecule has 0 aromatic heterocycles. The highest BCUT2D eigenvalue weighted by Gasteiger charge is 2.16. The second-order valence-electron chi connectivity index (χ2n) is 6.18. The SMILES string of the molecule is CC(C)(CN)CCCCS(=O)c1ccc2c(c1)OCCO2. The quantitative estimate of drug-likeness (QED) is 0.787. The Hall–Kier alpha value is -1.07. The van der Waals surface area contributed by atoms with E-state index >= 15 is 0 Å². The maximum absolute atomic E-state index is 12.3. The Balaban J connectivity index is 1.83. The van der Waals surface area contributed by atoms with Gasteiger partial charge in [0.25, 0.3) is 0 Å². The van der Waals surface area contributed by atoms with Crippen molar-refractivity contribution in [1.82, 2.24) is 0 Å². The van der Waals surface area contributed by atoms with Gasteiger partial charge in [0.05, 0.1) is 10.8 Å². The largest absolute Gasteiger partial charge is 0.486 e. The van der Waals surface area contributed by atoms with Gasteiger partial charge in [-0.1, -0.05) is 20.3 Å². The Morgan fingerprint density at radius 1 is 1.19 bits per heavy atom. The second kappa shape index (κ2) is 7.27. The summed E-state index contributed by atoms with van der Waals surface area (Å²) in [5, 5.41) is 0. The molecule has 2 N–H and O–H groups in total. The third-order valence-corrected chi connectivity index (χ3v) is 5.20. The fourth-order valence-corrected chi connectivity index (χ4v) is 3.38. The third kappa shape index (κ3) is 4.71. The minimum absolute atomic E-state index is 0.179. The highest BCUT2D eigenvalue weighted by Crippen LogP contribution is 2.32. The highest BCUT2D eigenvalue weighted by atomic mass is 32.2. The second-order valence-corrected chi connectivity index (χ2v) is 7.75. The number of benzene rings is 1. The van der Waals surface area contributed by atoms with Crippen molar-refractivity contribution in [2.45, 2.75) is 38.0 Å². The Morgan fingerprint density at radius 2 is 1.90 bits per heavy atom. The lowest BCUT2D eigenvalue weighted by atomic mass is 9.88. The van der Waals surface area contributed by atoms with Crippen molar-refractivity contribution < 1.29 is 13.7 Å². The van der Waals surface area contributed by atoms with Crippen molar-refractivity contribution in [3.8, 4) is 11.5 Å². The van der Waals surface area contributed by atoms with Crippen LogP contribution in [0.15, 0.2) is 23.1 Å². The molecule has 1 aliphatic rings. The van der Waals surface area contributed by atoms with E-state index < -0.39 is 10.8 Å². The van der Waals surface area contributed by atoms with E-state index in [1.54, 1.807) is 0 Å². The van der Waals surface area contributed by atoms with Gasteiger partial charge in [-0.25, -0.2) is 0 Å². The summed E-state index contributed by atoms with van der Waals surface area (Å²) in [6.45, 7) is 6.16. The monoisotopic (exact) mass is 311 g/mol. The zero-order chi connectivity index (χ0) is 15.3. The molecule has 21 heavy (non-hydrogen) atoms. The zero-order valence-corrected chi connectivity index (χ0v) is 13.7. The molecule has 1 aromatic carbocycles. The smallest absolute Gasteiger partial charge is 0.162 e. The molecule has 0 amide bonds. The van der Waals surface area contributed by atoms with Gasteiger partial charge in [-0.15, -0.1) is 0 Å². The molecule has 0 aliphatic carbocycles. The van der Waals surface area contributed by atoms with Crippen LogP contribution in [0.25, 0.3) is 0 Å². The first-order valence-corrected chi connectivity index (χ1v) is 8.82. The van der Waals surface area contributed by atoms with Crippen LogP contribution < -0.4 is 15.2 Å². The maximum Gasteiger partial charge on any atom is 0.162 e. The molecule has 0 radical (unpaired) electrons. The molecule has 1 atom stereocenters. The van der Waals surface area contributed by atoms with Crippen molar-refractivity contribution in [2.75, 3.05) is 25.5 Å². The predicted octanol–water partition coefficient (Wildman–Crippen LogP) is 2.72. The molecule has 1 heterocycles.